The lowest BCUT2D eigenvalue weighted by Crippen LogP contribution is -2.26. The predicted octanol–water partition coefficient (Wildman–Crippen LogP) is 4.25. The maximum absolute atomic E-state index is 13.2. The average molecular weight is 372 g/mol. The number of nitrogens with one attached hydrogen (secondary N) is 1. The van der Waals surface area contributed by atoms with Gasteiger partial charge in [0.25, 0.3) is 0 Å². The molecule has 2 aromatic rings. The van der Waals surface area contributed by atoms with E-state index in [1.165, 1.54) is 6.07 Å². The van der Waals surface area contributed by atoms with Crippen LogP contribution in [0, 0.1) is 5.82 Å². The Morgan fingerprint density at radius 3 is 2.90 bits per heavy atom. The van der Waals surface area contributed by atoms with Gasteiger partial charge in [-0.15, -0.1) is 11.8 Å². The Labute approximate surface area is 137 Å². The minimum Gasteiger partial charge on any atom is -0.308 e. The molecule has 0 amide bonds. The second-order valence-electron chi connectivity index (χ2n) is 4.57. The fourth-order valence-corrected chi connectivity index (χ4v) is 3.77. The molecule has 1 aromatic carbocycles. The van der Waals surface area contributed by atoms with Crippen LogP contribution in [0.25, 0.3) is 0 Å². The first-order valence-corrected chi connectivity index (χ1v) is 8.76. The highest BCUT2D eigenvalue weighted by Gasteiger charge is 2.19. The molecule has 0 aliphatic carbocycles. The van der Waals surface area contributed by atoms with E-state index in [4.69, 9.17) is 0 Å². The third-order valence-electron chi connectivity index (χ3n) is 3.13. The van der Waals surface area contributed by atoms with Crippen LogP contribution in [0.4, 0.5) is 4.39 Å². The van der Waals surface area contributed by atoms with Gasteiger partial charge in [-0.3, -0.25) is 4.68 Å². The van der Waals surface area contributed by atoms with E-state index in [0.717, 1.165) is 33.9 Å². The standard InChI is InChI=1S/C15H19BrFN3S/c1-3-18-14(15-13(16)9-19-20(15)4-2)10-21-12-7-5-6-11(17)8-12/h5-9,14,18H,3-4,10H2,1-2H3. The number of nitrogens with zero attached hydrogens (tertiary/aromatic N) is 2. The quantitative estimate of drug-likeness (QED) is 0.737. The molecule has 0 fully saturated rings. The van der Waals surface area contributed by atoms with Crippen LogP contribution >= 0.6 is 27.7 Å². The topological polar surface area (TPSA) is 29.9 Å². The molecule has 1 atom stereocenters. The van der Waals surface area contributed by atoms with Crippen molar-refractivity contribution in [1.29, 1.82) is 0 Å². The lowest BCUT2D eigenvalue weighted by atomic mass is 10.2. The number of aryl methyl sites for hydroxylation is 1. The van der Waals surface area contributed by atoms with E-state index in [1.54, 1.807) is 23.9 Å². The third kappa shape index (κ3) is 4.31. The van der Waals surface area contributed by atoms with Crippen molar-refractivity contribution in [2.75, 3.05) is 12.3 Å². The fraction of sp³-hybridized carbons (Fsp3) is 0.400. The monoisotopic (exact) mass is 371 g/mol. The number of benzene rings is 1. The van der Waals surface area contributed by atoms with Gasteiger partial charge < -0.3 is 5.32 Å². The summed E-state index contributed by atoms with van der Waals surface area (Å²) >= 11 is 5.22. The molecule has 0 radical (unpaired) electrons. The summed E-state index contributed by atoms with van der Waals surface area (Å²) in [5.41, 5.74) is 1.14. The second kappa shape index (κ2) is 7.96. The molecule has 114 valence electrons. The van der Waals surface area contributed by atoms with Crippen molar-refractivity contribution in [2.45, 2.75) is 31.3 Å². The van der Waals surface area contributed by atoms with Gasteiger partial charge in [-0.1, -0.05) is 13.0 Å². The molecule has 1 N–H and O–H groups in total. The van der Waals surface area contributed by atoms with Crippen molar-refractivity contribution in [2.24, 2.45) is 0 Å². The summed E-state index contributed by atoms with van der Waals surface area (Å²) in [5.74, 6) is 0.626. The second-order valence-corrected chi connectivity index (χ2v) is 6.52. The van der Waals surface area contributed by atoms with Crippen molar-refractivity contribution in [3.8, 4) is 0 Å². The Morgan fingerprint density at radius 2 is 2.24 bits per heavy atom. The summed E-state index contributed by atoms with van der Waals surface area (Å²) in [7, 11) is 0. The van der Waals surface area contributed by atoms with Crippen LogP contribution in [-0.2, 0) is 6.54 Å². The van der Waals surface area contributed by atoms with Gasteiger partial charge in [-0.25, -0.2) is 4.39 Å². The Bertz CT molecular complexity index is 588. The number of aromatic nitrogens is 2. The van der Waals surface area contributed by atoms with E-state index in [9.17, 15) is 4.39 Å². The van der Waals surface area contributed by atoms with Crippen molar-refractivity contribution < 1.29 is 4.39 Å². The SMILES string of the molecule is CCNC(CSc1cccc(F)c1)c1c(Br)cnn1CC. The average Bonchev–Trinajstić information content (AvgIpc) is 2.84. The zero-order valence-electron chi connectivity index (χ0n) is 12.1. The smallest absolute Gasteiger partial charge is 0.124 e. The molecule has 0 bridgehead atoms. The zero-order valence-corrected chi connectivity index (χ0v) is 14.5. The molecule has 21 heavy (non-hydrogen) atoms. The van der Waals surface area contributed by atoms with E-state index in [-0.39, 0.29) is 11.9 Å². The lowest BCUT2D eigenvalue weighted by Gasteiger charge is -2.19. The van der Waals surface area contributed by atoms with Crippen LogP contribution < -0.4 is 5.32 Å². The molecular formula is C15H19BrFN3S. The van der Waals surface area contributed by atoms with Gasteiger partial charge in [-0.05, 0) is 47.6 Å². The van der Waals surface area contributed by atoms with Crippen LogP contribution in [0.2, 0.25) is 0 Å². The molecule has 3 nitrogen and oxygen atoms in total. The summed E-state index contributed by atoms with van der Waals surface area (Å²) < 4.78 is 16.2. The molecular weight excluding hydrogens is 353 g/mol. The largest absolute Gasteiger partial charge is 0.308 e. The number of hydrogen-bond acceptors (Lipinski definition) is 3. The molecule has 0 spiro atoms. The molecule has 1 aromatic heterocycles. The molecule has 1 heterocycles. The Morgan fingerprint density at radius 1 is 1.43 bits per heavy atom. The molecule has 0 saturated heterocycles. The van der Waals surface area contributed by atoms with Gasteiger partial charge in [-0.2, -0.15) is 5.10 Å². The van der Waals surface area contributed by atoms with E-state index in [2.05, 4.69) is 40.2 Å². The van der Waals surface area contributed by atoms with Gasteiger partial charge in [0.1, 0.15) is 5.82 Å². The van der Waals surface area contributed by atoms with Crippen molar-refractivity contribution in [1.82, 2.24) is 15.1 Å². The molecule has 1 unspecified atom stereocenters. The highest BCUT2D eigenvalue weighted by molar-refractivity contribution is 9.10. The van der Waals surface area contributed by atoms with Crippen molar-refractivity contribution >= 4 is 27.7 Å². The number of hydrogen-bond donors (Lipinski definition) is 1. The fourth-order valence-electron chi connectivity index (χ4n) is 2.19. The highest BCUT2D eigenvalue weighted by Crippen LogP contribution is 2.29. The highest BCUT2D eigenvalue weighted by atomic mass is 79.9. The third-order valence-corrected chi connectivity index (χ3v) is 4.82. The van der Waals surface area contributed by atoms with Crippen LogP contribution in [0.1, 0.15) is 25.6 Å². The predicted molar refractivity (Wildman–Crippen MR) is 89.1 cm³/mol. The first kappa shape index (κ1) is 16.5. The maximum atomic E-state index is 13.2. The van der Waals surface area contributed by atoms with E-state index < -0.39 is 0 Å². The van der Waals surface area contributed by atoms with Gasteiger partial charge in [0.2, 0.25) is 0 Å². The first-order chi connectivity index (χ1) is 10.2. The summed E-state index contributed by atoms with van der Waals surface area (Å²) in [5, 5.41) is 7.85. The van der Waals surface area contributed by atoms with E-state index in [1.807, 2.05) is 16.9 Å². The molecule has 0 saturated carbocycles. The Balaban J connectivity index is 2.14. The zero-order chi connectivity index (χ0) is 15.2. The maximum Gasteiger partial charge on any atom is 0.124 e. The minimum absolute atomic E-state index is 0.167. The Kier molecular flexibility index (Phi) is 6.26. The van der Waals surface area contributed by atoms with Crippen LogP contribution in [0.15, 0.2) is 39.8 Å². The van der Waals surface area contributed by atoms with Gasteiger partial charge in [0.05, 0.1) is 22.4 Å². The van der Waals surface area contributed by atoms with Crippen LogP contribution in [-0.4, -0.2) is 22.1 Å². The molecule has 6 heteroatoms. The number of halogens is 2. The van der Waals surface area contributed by atoms with Gasteiger partial charge in [0, 0.05) is 17.2 Å². The Hall–Kier alpha value is -0.850. The van der Waals surface area contributed by atoms with Gasteiger partial charge >= 0.3 is 0 Å². The summed E-state index contributed by atoms with van der Waals surface area (Å²) in [6.07, 6.45) is 1.83. The number of thioether (sulfide) groups is 1. The molecule has 0 aliphatic heterocycles. The lowest BCUT2D eigenvalue weighted by molar-refractivity contribution is 0.525. The first-order valence-electron chi connectivity index (χ1n) is 6.98. The summed E-state index contributed by atoms with van der Waals surface area (Å²) in [6.45, 7) is 5.86. The van der Waals surface area contributed by atoms with Crippen LogP contribution in [0.3, 0.4) is 0 Å². The summed E-state index contributed by atoms with van der Waals surface area (Å²) in [4.78, 5) is 0.941. The van der Waals surface area contributed by atoms with Crippen molar-refractivity contribution in [3.63, 3.8) is 0 Å². The molecule has 2 rings (SSSR count). The number of rotatable bonds is 7. The molecule has 0 aliphatic rings. The van der Waals surface area contributed by atoms with E-state index >= 15 is 0 Å². The van der Waals surface area contributed by atoms with E-state index in [0.29, 0.717) is 0 Å². The summed E-state index contributed by atoms with van der Waals surface area (Å²) in [6, 6.07) is 6.88. The van der Waals surface area contributed by atoms with Crippen molar-refractivity contribution in [3.05, 3.63) is 46.4 Å². The normalized spacial score (nSPS) is 12.6. The van der Waals surface area contributed by atoms with Crippen LogP contribution in [0.5, 0.6) is 0 Å². The van der Waals surface area contributed by atoms with Gasteiger partial charge in [0.15, 0.2) is 0 Å². The minimum atomic E-state index is -0.195.